The average molecular weight is 255 g/mol. The third-order valence-corrected chi connectivity index (χ3v) is 3.56. The number of aliphatic hydroxyl groups excluding tert-OH is 1. The van der Waals surface area contributed by atoms with Crippen molar-refractivity contribution < 1.29 is 14.3 Å². The Morgan fingerprint density at radius 1 is 1.65 bits per heavy atom. The molecule has 0 radical (unpaired) electrons. The van der Waals surface area contributed by atoms with E-state index in [-0.39, 0.29) is 18.4 Å². The zero-order valence-electron chi connectivity index (χ0n) is 9.89. The SMILES string of the molecule is CSCc1ccc(C(=O)N2CCC(CO)C2)o1. The van der Waals surface area contributed by atoms with E-state index in [2.05, 4.69) is 0 Å². The van der Waals surface area contributed by atoms with Crippen LogP contribution in [0.3, 0.4) is 0 Å². The molecule has 2 heterocycles. The van der Waals surface area contributed by atoms with Crippen LogP contribution in [0.15, 0.2) is 16.5 Å². The highest BCUT2D eigenvalue weighted by Crippen LogP contribution is 2.20. The Hall–Kier alpha value is -0.940. The number of carbonyl (C=O) groups excluding carboxylic acids is 1. The van der Waals surface area contributed by atoms with E-state index < -0.39 is 0 Å². The summed E-state index contributed by atoms with van der Waals surface area (Å²) in [6, 6.07) is 3.59. The number of likely N-dealkylation sites (tertiary alicyclic amines) is 1. The van der Waals surface area contributed by atoms with E-state index >= 15 is 0 Å². The largest absolute Gasteiger partial charge is 0.455 e. The first-order valence-corrected chi connectivity index (χ1v) is 7.11. The molecule has 17 heavy (non-hydrogen) atoms. The van der Waals surface area contributed by atoms with Crippen LogP contribution in [0.2, 0.25) is 0 Å². The van der Waals surface area contributed by atoms with Crippen LogP contribution >= 0.6 is 11.8 Å². The maximum absolute atomic E-state index is 12.1. The van der Waals surface area contributed by atoms with Gasteiger partial charge in [-0.3, -0.25) is 4.79 Å². The van der Waals surface area contributed by atoms with Gasteiger partial charge in [-0.25, -0.2) is 0 Å². The molecule has 0 bridgehead atoms. The first kappa shape index (κ1) is 12.5. The van der Waals surface area contributed by atoms with E-state index in [1.54, 1.807) is 22.7 Å². The van der Waals surface area contributed by atoms with E-state index in [1.807, 2.05) is 12.3 Å². The van der Waals surface area contributed by atoms with Crippen LogP contribution in [0.4, 0.5) is 0 Å². The molecule has 0 spiro atoms. The van der Waals surface area contributed by atoms with Crippen molar-refractivity contribution in [3.8, 4) is 0 Å². The van der Waals surface area contributed by atoms with Crippen molar-refractivity contribution in [3.63, 3.8) is 0 Å². The fourth-order valence-corrected chi connectivity index (χ4v) is 2.47. The van der Waals surface area contributed by atoms with Crippen molar-refractivity contribution in [2.75, 3.05) is 26.0 Å². The summed E-state index contributed by atoms with van der Waals surface area (Å²) in [5, 5.41) is 9.05. The summed E-state index contributed by atoms with van der Waals surface area (Å²) in [6.45, 7) is 1.50. The number of aliphatic hydroxyl groups is 1. The van der Waals surface area contributed by atoms with Gasteiger partial charge in [-0.2, -0.15) is 11.8 Å². The summed E-state index contributed by atoms with van der Waals surface area (Å²) >= 11 is 1.66. The minimum absolute atomic E-state index is 0.0618. The lowest BCUT2D eigenvalue weighted by molar-refractivity contribution is 0.0749. The summed E-state index contributed by atoms with van der Waals surface area (Å²) in [5.41, 5.74) is 0. The smallest absolute Gasteiger partial charge is 0.289 e. The number of amides is 1. The van der Waals surface area contributed by atoms with Crippen LogP contribution in [0.1, 0.15) is 22.7 Å². The van der Waals surface area contributed by atoms with Crippen LogP contribution in [0.25, 0.3) is 0 Å². The third-order valence-electron chi connectivity index (χ3n) is 2.99. The van der Waals surface area contributed by atoms with Gasteiger partial charge in [0.2, 0.25) is 0 Å². The summed E-state index contributed by atoms with van der Waals surface area (Å²) in [7, 11) is 0. The van der Waals surface area contributed by atoms with Crippen LogP contribution in [-0.4, -0.2) is 41.9 Å². The van der Waals surface area contributed by atoms with Gasteiger partial charge < -0.3 is 14.4 Å². The van der Waals surface area contributed by atoms with Gasteiger partial charge in [0, 0.05) is 25.6 Å². The molecule has 1 aromatic heterocycles. The first-order valence-electron chi connectivity index (χ1n) is 5.72. The Bertz CT molecular complexity index is 391. The first-order chi connectivity index (χ1) is 8.24. The number of hydrogen-bond acceptors (Lipinski definition) is 4. The molecule has 94 valence electrons. The second-order valence-electron chi connectivity index (χ2n) is 4.29. The van der Waals surface area contributed by atoms with Crippen molar-refractivity contribution in [1.82, 2.24) is 4.90 Å². The van der Waals surface area contributed by atoms with Gasteiger partial charge in [-0.15, -0.1) is 0 Å². The lowest BCUT2D eigenvalue weighted by atomic mass is 10.1. The van der Waals surface area contributed by atoms with E-state index in [0.717, 1.165) is 17.9 Å². The molecule has 1 N–H and O–H groups in total. The fraction of sp³-hybridized carbons (Fsp3) is 0.583. The normalized spacial score (nSPS) is 19.9. The van der Waals surface area contributed by atoms with Crippen LogP contribution in [0.5, 0.6) is 0 Å². The molecular formula is C12H17NO3S. The maximum Gasteiger partial charge on any atom is 0.289 e. The number of hydrogen-bond donors (Lipinski definition) is 1. The van der Waals surface area contributed by atoms with Gasteiger partial charge in [-0.05, 0) is 24.8 Å². The Balaban J connectivity index is 1.99. The molecule has 1 saturated heterocycles. The van der Waals surface area contributed by atoms with E-state index in [4.69, 9.17) is 9.52 Å². The summed E-state index contributed by atoms with van der Waals surface area (Å²) in [6.07, 6.45) is 2.87. The number of carbonyl (C=O) groups is 1. The highest BCUT2D eigenvalue weighted by molar-refractivity contribution is 7.97. The lowest BCUT2D eigenvalue weighted by Gasteiger charge is -2.14. The molecule has 4 nitrogen and oxygen atoms in total. The predicted molar refractivity (Wildman–Crippen MR) is 67.0 cm³/mol. The van der Waals surface area contributed by atoms with Crippen molar-refractivity contribution >= 4 is 17.7 Å². The molecule has 0 saturated carbocycles. The highest BCUT2D eigenvalue weighted by Gasteiger charge is 2.27. The molecule has 2 rings (SSSR count). The molecule has 1 unspecified atom stereocenters. The average Bonchev–Trinajstić information content (AvgIpc) is 2.97. The number of furan rings is 1. The summed E-state index contributed by atoms with van der Waals surface area (Å²) in [5.74, 6) is 2.19. The van der Waals surface area contributed by atoms with E-state index in [9.17, 15) is 4.79 Å². The van der Waals surface area contributed by atoms with Gasteiger partial charge in [0.25, 0.3) is 5.91 Å². The van der Waals surface area contributed by atoms with Gasteiger partial charge in [0.05, 0.1) is 5.75 Å². The summed E-state index contributed by atoms with van der Waals surface area (Å²) < 4.78 is 5.49. The zero-order valence-corrected chi connectivity index (χ0v) is 10.7. The molecule has 1 atom stereocenters. The van der Waals surface area contributed by atoms with E-state index in [1.165, 1.54) is 0 Å². The van der Waals surface area contributed by atoms with E-state index in [0.29, 0.717) is 18.8 Å². The Morgan fingerprint density at radius 2 is 2.47 bits per heavy atom. The highest BCUT2D eigenvalue weighted by atomic mass is 32.2. The lowest BCUT2D eigenvalue weighted by Crippen LogP contribution is -2.28. The summed E-state index contributed by atoms with van der Waals surface area (Å²) in [4.78, 5) is 13.8. The van der Waals surface area contributed by atoms with Crippen LogP contribution < -0.4 is 0 Å². The molecule has 5 heteroatoms. The molecule has 1 aromatic rings. The number of thioether (sulfide) groups is 1. The van der Waals surface area contributed by atoms with Crippen LogP contribution in [-0.2, 0) is 5.75 Å². The number of rotatable bonds is 4. The maximum atomic E-state index is 12.1. The Morgan fingerprint density at radius 3 is 3.12 bits per heavy atom. The van der Waals surface area contributed by atoms with Crippen molar-refractivity contribution in [2.45, 2.75) is 12.2 Å². The van der Waals surface area contributed by atoms with Gasteiger partial charge >= 0.3 is 0 Å². The third kappa shape index (κ3) is 2.84. The minimum atomic E-state index is -0.0618. The monoisotopic (exact) mass is 255 g/mol. The fourth-order valence-electron chi connectivity index (χ4n) is 2.03. The Labute approximate surface area is 105 Å². The molecule has 1 amide bonds. The van der Waals surface area contributed by atoms with Gasteiger partial charge in [-0.1, -0.05) is 0 Å². The number of nitrogens with zero attached hydrogens (tertiary/aromatic N) is 1. The molecule has 0 aliphatic carbocycles. The van der Waals surface area contributed by atoms with Gasteiger partial charge in [0.15, 0.2) is 5.76 Å². The second-order valence-corrected chi connectivity index (χ2v) is 5.15. The Kier molecular flexibility index (Phi) is 4.12. The predicted octanol–water partition coefficient (Wildman–Crippen LogP) is 1.60. The van der Waals surface area contributed by atoms with Gasteiger partial charge in [0.1, 0.15) is 5.76 Å². The topological polar surface area (TPSA) is 53.7 Å². The zero-order chi connectivity index (χ0) is 12.3. The molecular weight excluding hydrogens is 238 g/mol. The second kappa shape index (κ2) is 5.60. The van der Waals surface area contributed by atoms with Crippen LogP contribution in [0, 0.1) is 5.92 Å². The van der Waals surface area contributed by atoms with Crippen molar-refractivity contribution in [3.05, 3.63) is 23.7 Å². The van der Waals surface area contributed by atoms with Crippen molar-refractivity contribution in [2.24, 2.45) is 5.92 Å². The molecule has 1 aliphatic rings. The quantitative estimate of drug-likeness (QED) is 0.888. The molecule has 1 aliphatic heterocycles. The molecule has 0 aromatic carbocycles. The standard InChI is InChI=1S/C12H17NO3S/c1-17-8-10-2-3-11(16-10)12(15)13-5-4-9(6-13)7-14/h2-3,9,14H,4-8H2,1H3. The van der Waals surface area contributed by atoms with Crippen molar-refractivity contribution in [1.29, 1.82) is 0 Å². The molecule has 1 fully saturated rings. The minimum Gasteiger partial charge on any atom is -0.455 e.